The first kappa shape index (κ1) is 27.8. The van der Waals surface area contributed by atoms with Crippen molar-refractivity contribution in [1.82, 2.24) is 25.1 Å². The highest BCUT2D eigenvalue weighted by Crippen LogP contribution is 2.26. The van der Waals surface area contributed by atoms with Gasteiger partial charge in [0, 0.05) is 67.8 Å². The molecule has 4 rings (SSSR count). The predicted octanol–water partition coefficient (Wildman–Crippen LogP) is 2.35. The van der Waals surface area contributed by atoms with Gasteiger partial charge in [-0.15, -0.1) is 0 Å². The highest BCUT2D eigenvalue weighted by atomic mass is 16.1. The molecule has 0 aromatic carbocycles. The maximum atomic E-state index is 13.4. The van der Waals surface area contributed by atoms with Gasteiger partial charge in [-0.2, -0.15) is 0 Å². The van der Waals surface area contributed by atoms with Crippen molar-refractivity contribution < 1.29 is 4.79 Å². The number of carbonyl (C=O) groups excluding carboxylic acids is 1. The summed E-state index contributed by atoms with van der Waals surface area (Å²) in [5, 5.41) is 14.3. The number of hydrogen-bond acceptors (Lipinski definition) is 8. The van der Waals surface area contributed by atoms with E-state index >= 15 is 0 Å². The number of rotatable bonds is 8. The van der Waals surface area contributed by atoms with E-state index in [1.807, 2.05) is 33.8 Å². The lowest BCUT2D eigenvalue weighted by Gasteiger charge is -2.42. The molecular weight excluding hydrogens is 480 g/mol. The molecule has 0 radical (unpaired) electrons. The number of nitrogens with one attached hydrogen (secondary N) is 4. The fourth-order valence-corrected chi connectivity index (χ4v) is 5.46. The van der Waals surface area contributed by atoms with Crippen LogP contribution in [-0.2, 0) is 6.54 Å². The van der Waals surface area contributed by atoms with E-state index in [9.17, 15) is 9.59 Å². The summed E-state index contributed by atoms with van der Waals surface area (Å²) >= 11 is 0. The van der Waals surface area contributed by atoms with Gasteiger partial charge in [0.25, 0.3) is 11.5 Å². The molecular formula is C28H42N8O2. The second-order valence-corrected chi connectivity index (χ2v) is 10.9. The first-order chi connectivity index (χ1) is 18.2. The standard InChI is InChI=1S/C28H42N8O2/c1-18(2)31-26-23(16-29)22(27(37)30-17-24-19(3)14-20(4)32-28(24)38)15-25(33-26)36-12-10-35(11-13-36)21-6-8-34(5)9-7-21/h14-16,18,21,29H,6-13,17H2,1-5H3,(H,30,37)(H,31,33)(H,32,38). The molecule has 2 saturated heterocycles. The molecule has 2 aliphatic rings. The van der Waals surface area contributed by atoms with Crippen LogP contribution in [0.15, 0.2) is 16.9 Å². The second-order valence-electron chi connectivity index (χ2n) is 10.9. The zero-order valence-electron chi connectivity index (χ0n) is 23.4. The Labute approximate surface area is 225 Å². The molecule has 10 heteroatoms. The first-order valence-electron chi connectivity index (χ1n) is 13.6. The summed E-state index contributed by atoms with van der Waals surface area (Å²) in [6, 6.07) is 4.40. The molecule has 10 nitrogen and oxygen atoms in total. The van der Waals surface area contributed by atoms with Crippen LogP contribution in [0.4, 0.5) is 11.6 Å². The zero-order chi connectivity index (χ0) is 27.4. The van der Waals surface area contributed by atoms with Crippen molar-refractivity contribution >= 4 is 23.8 Å². The molecule has 0 atom stereocenters. The van der Waals surface area contributed by atoms with Crippen molar-refractivity contribution in [3.63, 3.8) is 0 Å². The number of anilines is 2. The number of piperazine rings is 1. The lowest BCUT2D eigenvalue weighted by atomic mass is 10.0. The third kappa shape index (κ3) is 6.42. The molecule has 2 aliphatic heterocycles. The molecule has 4 N–H and O–H groups in total. The third-order valence-electron chi connectivity index (χ3n) is 7.62. The number of nitrogens with zero attached hydrogens (tertiary/aromatic N) is 4. The number of H-pyrrole nitrogens is 1. The number of hydrogen-bond donors (Lipinski definition) is 4. The van der Waals surface area contributed by atoms with E-state index in [-0.39, 0.29) is 24.1 Å². The van der Waals surface area contributed by atoms with Crippen LogP contribution in [0.1, 0.15) is 59.4 Å². The average molecular weight is 523 g/mol. The Balaban J connectivity index is 1.55. The van der Waals surface area contributed by atoms with E-state index in [1.165, 1.54) is 19.1 Å². The minimum absolute atomic E-state index is 0.0856. The van der Waals surface area contributed by atoms with Gasteiger partial charge in [0.05, 0.1) is 5.56 Å². The van der Waals surface area contributed by atoms with Crippen molar-refractivity contribution in [3.8, 4) is 0 Å². The monoisotopic (exact) mass is 522 g/mol. The van der Waals surface area contributed by atoms with Gasteiger partial charge < -0.3 is 30.8 Å². The highest BCUT2D eigenvalue weighted by molar-refractivity contribution is 6.05. The summed E-state index contributed by atoms with van der Waals surface area (Å²) in [7, 11) is 2.19. The van der Waals surface area contributed by atoms with E-state index in [2.05, 4.69) is 37.4 Å². The van der Waals surface area contributed by atoms with Gasteiger partial charge in [0.2, 0.25) is 0 Å². The molecule has 0 unspecified atom stereocenters. The van der Waals surface area contributed by atoms with Crippen molar-refractivity contribution in [2.45, 2.75) is 59.2 Å². The average Bonchev–Trinajstić information content (AvgIpc) is 2.87. The molecule has 4 heterocycles. The van der Waals surface area contributed by atoms with Gasteiger partial charge >= 0.3 is 0 Å². The number of amides is 1. The molecule has 0 saturated carbocycles. The van der Waals surface area contributed by atoms with Gasteiger partial charge in [-0.1, -0.05) is 0 Å². The van der Waals surface area contributed by atoms with Crippen LogP contribution in [0.25, 0.3) is 0 Å². The van der Waals surface area contributed by atoms with Gasteiger partial charge in [-0.05, 0) is 78.4 Å². The van der Waals surface area contributed by atoms with Crippen molar-refractivity contribution in [2.24, 2.45) is 0 Å². The SMILES string of the molecule is Cc1cc(C)c(CNC(=O)c2cc(N3CCN(C4CCN(C)CC4)CC3)nc(NC(C)C)c2C=N)c(=O)[nH]1. The Kier molecular flexibility index (Phi) is 8.83. The van der Waals surface area contributed by atoms with Gasteiger partial charge in [-0.25, -0.2) is 4.98 Å². The van der Waals surface area contributed by atoms with Crippen LogP contribution >= 0.6 is 0 Å². The lowest BCUT2D eigenvalue weighted by Crippen LogP contribution is -2.53. The second kappa shape index (κ2) is 12.1. The molecule has 0 bridgehead atoms. The normalized spacial score (nSPS) is 17.6. The topological polar surface area (TPSA) is 120 Å². The van der Waals surface area contributed by atoms with E-state index < -0.39 is 0 Å². The van der Waals surface area contributed by atoms with Crippen LogP contribution in [0, 0.1) is 19.3 Å². The molecule has 2 aromatic rings. The van der Waals surface area contributed by atoms with Crippen molar-refractivity contribution in [3.05, 3.63) is 50.4 Å². The van der Waals surface area contributed by atoms with Crippen LogP contribution in [0.2, 0.25) is 0 Å². The Bertz CT molecular complexity index is 1210. The molecule has 206 valence electrons. The molecule has 0 spiro atoms. The fraction of sp³-hybridized carbons (Fsp3) is 0.571. The molecule has 2 fully saturated rings. The summed E-state index contributed by atoms with van der Waals surface area (Å²) in [4.78, 5) is 40.8. The number of aromatic amines is 1. The molecule has 1 amide bonds. The van der Waals surface area contributed by atoms with Crippen molar-refractivity contribution in [1.29, 1.82) is 5.41 Å². The van der Waals surface area contributed by atoms with Crippen LogP contribution < -0.4 is 21.1 Å². The quantitative estimate of drug-likeness (QED) is 0.393. The summed E-state index contributed by atoms with van der Waals surface area (Å²) in [5.41, 5.74) is 2.77. The summed E-state index contributed by atoms with van der Waals surface area (Å²) in [6.07, 6.45) is 3.59. The zero-order valence-corrected chi connectivity index (χ0v) is 23.4. The fourth-order valence-electron chi connectivity index (χ4n) is 5.46. The number of aromatic nitrogens is 2. The lowest BCUT2D eigenvalue weighted by molar-refractivity contribution is 0.0950. The number of likely N-dealkylation sites (tertiary alicyclic amines) is 1. The van der Waals surface area contributed by atoms with Crippen LogP contribution in [-0.4, -0.2) is 90.3 Å². The maximum Gasteiger partial charge on any atom is 0.253 e. The van der Waals surface area contributed by atoms with Gasteiger partial charge in [0.1, 0.15) is 11.6 Å². The Hall–Kier alpha value is -3.24. The Morgan fingerprint density at radius 2 is 1.84 bits per heavy atom. The number of aryl methyl sites for hydroxylation is 2. The predicted molar refractivity (Wildman–Crippen MR) is 153 cm³/mol. The smallest absolute Gasteiger partial charge is 0.253 e. The van der Waals surface area contributed by atoms with E-state index in [0.29, 0.717) is 28.6 Å². The minimum Gasteiger partial charge on any atom is -0.367 e. The van der Waals surface area contributed by atoms with E-state index in [0.717, 1.165) is 56.3 Å². The van der Waals surface area contributed by atoms with Gasteiger partial charge in [-0.3, -0.25) is 14.5 Å². The molecule has 0 aliphatic carbocycles. The van der Waals surface area contributed by atoms with Crippen LogP contribution in [0.3, 0.4) is 0 Å². The largest absolute Gasteiger partial charge is 0.367 e. The summed E-state index contributed by atoms with van der Waals surface area (Å²) in [5.74, 6) is 0.930. The first-order valence-corrected chi connectivity index (χ1v) is 13.6. The minimum atomic E-state index is -0.330. The Morgan fingerprint density at radius 3 is 2.45 bits per heavy atom. The summed E-state index contributed by atoms with van der Waals surface area (Å²) < 4.78 is 0. The van der Waals surface area contributed by atoms with E-state index in [4.69, 9.17) is 10.4 Å². The maximum absolute atomic E-state index is 13.4. The molecule has 38 heavy (non-hydrogen) atoms. The van der Waals surface area contributed by atoms with Crippen molar-refractivity contribution in [2.75, 3.05) is 56.5 Å². The van der Waals surface area contributed by atoms with Gasteiger partial charge in [0.15, 0.2) is 0 Å². The molecule has 2 aromatic heterocycles. The van der Waals surface area contributed by atoms with E-state index in [1.54, 1.807) is 6.07 Å². The van der Waals surface area contributed by atoms with Crippen LogP contribution in [0.5, 0.6) is 0 Å². The summed E-state index contributed by atoms with van der Waals surface area (Å²) in [6.45, 7) is 13.7. The third-order valence-corrected chi connectivity index (χ3v) is 7.62. The number of carbonyl (C=O) groups is 1. The number of pyridine rings is 2. The Morgan fingerprint density at radius 1 is 1.16 bits per heavy atom. The highest BCUT2D eigenvalue weighted by Gasteiger charge is 2.28. The number of piperidine rings is 1.